The molecule has 2 N–H and O–H groups in total. The van der Waals surface area contributed by atoms with Gasteiger partial charge in [-0.2, -0.15) is 0 Å². The molecule has 4 aliphatic rings. The van der Waals surface area contributed by atoms with Crippen LogP contribution in [0.3, 0.4) is 0 Å². The second kappa shape index (κ2) is 9.01. The Bertz CT molecular complexity index is 1120. The number of aliphatic hydroxyl groups excluding tert-OH is 2. The van der Waals surface area contributed by atoms with Crippen LogP contribution in [0, 0.1) is 52.2 Å². The zero-order valence-corrected chi connectivity index (χ0v) is 22.2. The van der Waals surface area contributed by atoms with Gasteiger partial charge in [0.05, 0.1) is 17.7 Å². The molecule has 196 valence electrons. The molecule has 0 bridgehead atoms. The lowest BCUT2D eigenvalue weighted by Crippen LogP contribution is -2.58. The van der Waals surface area contributed by atoms with Crippen molar-refractivity contribution < 1.29 is 14.6 Å². The van der Waals surface area contributed by atoms with Crippen LogP contribution in [0.15, 0.2) is 24.4 Å². The van der Waals surface area contributed by atoms with Crippen molar-refractivity contribution in [2.75, 3.05) is 0 Å². The molecule has 10 atom stereocenters. The summed E-state index contributed by atoms with van der Waals surface area (Å²) in [4.78, 5) is 9.23. The number of hydrogen-bond acceptors (Lipinski definition) is 4. The van der Waals surface area contributed by atoms with E-state index in [0.29, 0.717) is 40.9 Å². The molecule has 4 fully saturated rings. The fourth-order valence-electron chi connectivity index (χ4n) is 9.90. The Balaban J connectivity index is 1.16. The van der Waals surface area contributed by atoms with Gasteiger partial charge < -0.3 is 10.2 Å². The highest BCUT2D eigenvalue weighted by Gasteiger charge is 2.62. The van der Waals surface area contributed by atoms with Crippen molar-refractivity contribution in [2.24, 2.45) is 46.3 Å². The molecular formula is C31H43FN2O2. The Morgan fingerprint density at radius 1 is 1.03 bits per heavy atom. The Labute approximate surface area is 215 Å². The summed E-state index contributed by atoms with van der Waals surface area (Å²) in [6.07, 6.45) is 12.1. The van der Waals surface area contributed by atoms with Crippen molar-refractivity contribution in [3.8, 4) is 0 Å². The van der Waals surface area contributed by atoms with E-state index < -0.39 is 0 Å². The monoisotopic (exact) mass is 494 g/mol. The first-order valence-electron chi connectivity index (χ1n) is 14.5. The molecule has 1 aromatic carbocycles. The number of aromatic nitrogens is 2. The molecule has 5 heteroatoms. The molecule has 36 heavy (non-hydrogen) atoms. The van der Waals surface area contributed by atoms with E-state index in [-0.39, 0.29) is 23.4 Å². The van der Waals surface area contributed by atoms with E-state index in [1.807, 2.05) is 0 Å². The topological polar surface area (TPSA) is 66.2 Å². The van der Waals surface area contributed by atoms with E-state index in [4.69, 9.17) is 4.98 Å². The minimum absolute atomic E-state index is 0.176. The van der Waals surface area contributed by atoms with E-state index in [1.165, 1.54) is 37.8 Å². The van der Waals surface area contributed by atoms with Crippen molar-refractivity contribution in [3.63, 3.8) is 0 Å². The van der Waals surface area contributed by atoms with Crippen LogP contribution in [0.1, 0.15) is 84.4 Å². The van der Waals surface area contributed by atoms with Crippen LogP contribution in [0.5, 0.6) is 0 Å². The average molecular weight is 495 g/mol. The number of aliphatic hydroxyl groups is 2. The van der Waals surface area contributed by atoms with E-state index in [0.717, 1.165) is 55.3 Å². The van der Waals surface area contributed by atoms with Crippen LogP contribution < -0.4 is 0 Å². The Hall–Kier alpha value is -1.59. The third-order valence-electron chi connectivity index (χ3n) is 11.8. The zero-order valence-electron chi connectivity index (χ0n) is 22.2. The zero-order chi connectivity index (χ0) is 25.2. The molecule has 4 nitrogen and oxygen atoms in total. The Morgan fingerprint density at radius 2 is 1.81 bits per heavy atom. The molecule has 6 rings (SSSR count). The van der Waals surface area contributed by atoms with Crippen LogP contribution in [-0.2, 0) is 6.42 Å². The van der Waals surface area contributed by atoms with Gasteiger partial charge in [0.25, 0.3) is 0 Å². The van der Waals surface area contributed by atoms with Crippen molar-refractivity contribution >= 4 is 10.9 Å². The van der Waals surface area contributed by atoms with Crippen molar-refractivity contribution in [1.82, 2.24) is 9.97 Å². The summed E-state index contributed by atoms with van der Waals surface area (Å²) in [7, 11) is 0. The van der Waals surface area contributed by atoms with Crippen LogP contribution >= 0.6 is 0 Å². The number of benzene rings is 1. The minimum Gasteiger partial charge on any atom is -0.393 e. The predicted octanol–water partition coefficient (Wildman–Crippen LogP) is 6.33. The van der Waals surface area contributed by atoms with E-state index in [1.54, 1.807) is 12.3 Å². The smallest absolute Gasteiger partial charge is 0.128 e. The quantitative estimate of drug-likeness (QED) is 0.521. The highest BCUT2D eigenvalue weighted by atomic mass is 19.1. The minimum atomic E-state index is -0.250. The van der Waals surface area contributed by atoms with Gasteiger partial charge in [0.2, 0.25) is 0 Å². The molecule has 2 aromatic rings. The molecule has 0 aliphatic heterocycles. The molecule has 0 saturated heterocycles. The normalized spacial score (nSPS) is 43.0. The lowest BCUT2D eigenvalue weighted by atomic mass is 9.43. The van der Waals surface area contributed by atoms with Gasteiger partial charge in [-0.15, -0.1) is 0 Å². The summed E-state index contributed by atoms with van der Waals surface area (Å²) in [5, 5.41) is 22.5. The standard InChI is InChI=1S/C31H43FN2O2/c1-18(4-9-28-33-17-19-14-21(32)5-8-26(19)34-28)23-6-7-24-29-25(11-13-31(23,24)3)30(2)12-10-22(35)15-20(30)16-27(29)36/h5,8,14,17-18,20,22-25,27,29,35-36H,4,6-7,9-13,15-16H2,1-3H3/t18-,20+,22-,23-,24+,25?,27+,29+,30+,31-/m1/s1. The fourth-order valence-corrected chi connectivity index (χ4v) is 9.90. The highest BCUT2D eigenvalue weighted by molar-refractivity contribution is 5.77. The fraction of sp³-hybridized carbons (Fsp3) is 0.742. The third-order valence-corrected chi connectivity index (χ3v) is 11.8. The van der Waals surface area contributed by atoms with Crippen molar-refractivity contribution in [1.29, 1.82) is 0 Å². The maximum atomic E-state index is 13.5. The summed E-state index contributed by atoms with van der Waals surface area (Å²) in [5.74, 6) is 3.95. The van der Waals surface area contributed by atoms with Gasteiger partial charge in [-0.3, -0.25) is 0 Å². The van der Waals surface area contributed by atoms with Gasteiger partial charge in [0.15, 0.2) is 0 Å². The van der Waals surface area contributed by atoms with E-state index >= 15 is 0 Å². The summed E-state index contributed by atoms with van der Waals surface area (Å²) < 4.78 is 13.5. The lowest BCUT2D eigenvalue weighted by Gasteiger charge is -2.62. The number of hydrogen-bond donors (Lipinski definition) is 2. The third kappa shape index (κ3) is 3.91. The van der Waals surface area contributed by atoms with Gasteiger partial charge in [0.1, 0.15) is 11.6 Å². The second-order valence-electron chi connectivity index (χ2n) is 13.5. The van der Waals surface area contributed by atoms with Crippen LogP contribution in [0.25, 0.3) is 10.9 Å². The Kier molecular flexibility index (Phi) is 6.19. The summed E-state index contributed by atoms with van der Waals surface area (Å²) in [6, 6.07) is 4.71. The number of halogens is 1. The van der Waals surface area contributed by atoms with Crippen molar-refractivity contribution in [3.05, 3.63) is 36.0 Å². The van der Waals surface area contributed by atoms with Gasteiger partial charge >= 0.3 is 0 Å². The molecule has 4 saturated carbocycles. The maximum absolute atomic E-state index is 13.5. The van der Waals surface area contributed by atoms with Gasteiger partial charge in [-0.05, 0) is 122 Å². The molecule has 0 radical (unpaired) electrons. The van der Waals surface area contributed by atoms with E-state index in [2.05, 4.69) is 25.8 Å². The number of nitrogens with zero attached hydrogens (tertiary/aromatic N) is 2. The van der Waals surface area contributed by atoms with Crippen molar-refractivity contribution in [2.45, 2.75) is 97.2 Å². The van der Waals surface area contributed by atoms with Crippen LogP contribution in [-0.4, -0.2) is 32.4 Å². The van der Waals surface area contributed by atoms with Crippen LogP contribution in [0.2, 0.25) is 0 Å². The van der Waals surface area contributed by atoms with Gasteiger partial charge in [-0.25, -0.2) is 14.4 Å². The highest BCUT2D eigenvalue weighted by Crippen LogP contribution is 2.68. The largest absolute Gasteiger partial charge is 0.393 e. The van der Waals surface area contributed by atoms with Gasteiger partial charge in [0, 0.05) is 18.0 Å². The molecule has 0 spiro atoms. The molecule has 4 aliphatic carbocycles. The molecule has 0 amide bonds. The summed E-state index contributed by atoms with van der Waals surface area (Å²) in [6.45, 7) is 7.44. The summed E-state index contributed by atoms with van der Waals surface area (Å²) in [5.41, 5.74) is 1.39. The number of rotatable bonds is 4. The Morgan fingerprint density at radius 3 is 2.64 bits per heavy atom. The number of aryl methyl sites for hydroxylation is 1. The van der Waals surface area contributed by atoms with Crippen LogP contribution in [0.4, 0.5) is 4.39 Å². The predicted molar refractivity (Wildman–Crippen MR) is 140 cm³/mol. The summed E-state index contributed by atoms with van der Waals surface area (Å²) >= 11 is 0. The van der Waals surface area contributed by atoms with E-state index in [9.17, 15) is 14.6 Å². The maximum Gasteiger partial charge on any atom is 0.128 e. The second-order valence-corrected chi connectivity index (χ2v) is 13.5. The van der Waals surface area contributed by atoms with Gasteiger partial charge in [-0.1, -0.05) is 20.8 Å². The first-order chi connectivity index (χ1) is 17.2. The molecule has 1 unspecified atom stereocenters. The lowest BCUT2D eigenvalue weighted by molar-refractivity contribution is -0.174. The molecule has 1 heterocycles. The first kappa shape index (κ1) is 24.7. The molecular weight excluding hydrogens is 451 g/mol. The molecule has 1 aromatic heterocycles. The average Bonchev–Trinajstić information content (AvgIpc) is 3.21. The SMILES string of the molecule is C[C@H](CCc1ncc2cc(F)ccc2n1)[C@H]1CC[C@H]2[C@H]3C(CC[C@]12C)[C@@]1(C)CC[C@@H](O)C[C@H]1C[C@@H]3O. The first-order valence-corrected chi connectivity index (χ1v) is 14.5. The number of fused-ring (bicyclic) bond motifs is 6.